The summed E-state index contributed by atoms with van der Waals surface area (Å²) in [6.45, 7) is 8.60. The Balaban J connectivity index is 2.37. The molecular formula is C28H41NO5Si. The lowest BCUT2D eigenvalue weighted by molar-refractivity contribution is -0.106. The van der Waals surface area contributed by atoms with Gasteiger partial charge in [-0.2, -0.15) is 0 Å². The minimum atomic E-state index is -2.80. The molecule has 2 rings (SSSR count). The van der Waals surface area contributed by atoms with E-state index in [2.05, 4.69) is 45.0 Å². The lowest BCUT2D eigenvalue weighted by Crippen LogP contribution is -2.68. The lowest BCUT2D eigenvalue weighted by Gasteiger charge is -2.45. The third kappa shape index (κ3) is 7.77. The molecule has 0 saturated carbocycles. The number of allylic oxidation sites excluding steroid dienone is 1. The molecular weight excluding hydrogens is 458 g/mol. The molecule has 2 aromatic carbocycles. The maximum atomic E-state index is 11.8. The maximum Gasteiger partial charge on any atom is 0.405 e. The number of carbonyl (C=O) groups excluding carboxylic acids is 1. The zero-order valence-electron chi connectivity index (χ0n) is 21.9. The zero-order valence-corrected chi connectivity index (χ0v) is 22.9. The summed E-state index contributed by atoms with van der Waals surface area (Å²) in [5, 5.41) is 2.13. The number of rotatable bonds is 13. The molecule has 0 saturated heterocycles. The van der Waals surface area contributed by atoms with Crippen LogP contribution in [0.3, 0.4) is 0 Å². The van der Waals surface area contributed by atoms with Crippen LogP contribution in [0.5, 0.6) is 0 Å². The topological polar surface area (TPSA) is 80.0 Å². The Morgan fingerprint density at radius 1 is 0.971 bits per heavy atom. The molecule has 0 radical (unpaired) electrons. The number of hydrogen-bond donors (Lipinski definition) is 1. The molecule has 0 aliphatic heterocycles. The van der Waals surface area contributed by atoms with Crippen molar-refractivity contribution in [3.05, 3.63) is 72.8 Å². The van der Waals surface area contributed by atoms with Crippen LogP contribution in [-0.2, 0) is 18.6 Å². The van der Waals surface area contributed by atoms with Crippen molar-refractivity contribution in [1.29, 1.82) is 0 Å². The van der Waals surface area contributed by atoms with Gasteiger partial charge in [0, 0.05) is 14.2 Å². The highest BCUT2D eigenvalue weighted by Crippen LogP contribution is 2.38. The van der Waals surface area contributed by atoms with Gasteiger partial charge < -0.3 is 24.4 Å². The molecule has 35 heavy (non-hydrogen) atoms. The summed E-state index contributed by atoms with van der Waals surface area (Å²) < 4.78 is 23.1. The number of unbranched alkanes of at least 4 members (excludes halogenated alkanes) is 1. The molecule has 192 valence electrons. The fraction of sp³-hybridized carbons (Fsp3) is 0.464. The Bertz CT molecular complexity index is 870. The zero-order chi connectivity index (χ0) is 25.9. The van der Waals surface area contributed by atoms with Gasteiger partial charge in [0.05, 0.1) is 6.10 Å². The average Bonchev–Trinajstić information content (AvgIpc) is 2.84. The minimum Gasteiger partial charge on any atom is -0.439 e. The SMILES string of the molecule is COC(CCC/C=C/[C@@H](OC(N)=O)[C@@H](C)O[Si](c1ccccc1)(c1ccccc1)C(C)(C)C)OC. The molecule has 0 bridgehead atoms. The molecule has 0 fully saturated rings. The minimum absolute atomic E-state index is 0.194. The van der Waals surface area contributed by atoms with Gasteiger partial charge in [0.1, 0.15) is 6.10 Å². The number of ether oxygens (including phenoxy) is 3. The Labute approximate surface area is 211 Å². The fourth-order valence-corrected chi connectivity index (χ4v) is 9.13. The highest BCUT2D eigenvalue weighted by atomic mass is 28.4. The van der Waals surface area contributed by atoms with Gasteiger partial charge in [0.2, 0.25) is 0 Å². The lowest BCUT2D eigenvalue weighted by atomic mass is 10.1. The van der Waals surface area contributed by atoms with Gasteiger partial charge in [-0.25, -0.2) is 4.79 Å². The van der Waals surface area contributed by atoms with Gasteiger partial charge in [-0.05, 0) is 47.7 Å². The Hall–Kier alpha value is -2.45. The second-order valence-electron chi connectivity index (χ2n) is 9.65. The second-order valence-corrected chi connectivity index (χ2v) is 13.9. The quantitative estimate of drug-likeness (QED) is 0.186. The smallest absolute Gasteiger partial charge is 0.405 e. The number of carbonyl (C=O) groups is 1. The third-order valence-corrected chi connectivity index (χ3v) is 11.3. The van der Waals surface area contributed by atoms with Crippen LogP contribution in [-0.4, -0.2) is 47.1 Å². The summed E-state index contributed by atoms with van der Waals surface area (Å²) in [5.74, 6) is 0. The Kier molecular flexibility index (Phi) is 11.2. The summed E-state index contributed by atoms with van der Waals surface area (Å²) in [5.41, 5.74) is 5.44. The van der Waals surface area contributed by atoms with Crippen molar-refractivity contribution in [3.8, 4) is 0 Å². The highest BCUT2D eigenvalue weighted by Gasteiger charge is 2.51. The van der Waals surface area contributed by atoms with Crippen molar-refractivity contribution in [2.75, 3.05) is 14.2 Å². The molecule has 0 unspecified atom stereocenters. The van der Waals surface area contributed by atoms with Gasteiger partial charge in [-0.15, -0.1) is 0 Å². The number of nitrogens with two attached hydrogens (primary N) is 1. The molecule has 2 atom stereocenters. The molecule has 2 aromatic rings. The first kappa shape index (κ1) is 28.8. The summed E-state index contributed by atoms with van der Waals surface area (Å²) in [7, 11) is 0.455. The van der Waals surface area contributed by atoms with E-state index in [-0.39, 0.29) is 11.3 Å². The molecule has 0 aliphatic carbocycles. The second kappa shape index (κ2) is 13.6. The van der Waals surface area contributed by atoms with Crippen molar-refractivity contribution in [3.63, 3.8) is 0 Å². The van der Waals surface area contributed by atoms with Crippen LogP contribution in [0.2, 0.25) is 5.04 Å². The molecule has 0 aromatic heterocycles. The number of amides is 1. The number of hydrogen-bond acceptors (Lipinski definition) is 5. The van der Waals surface area contributed by atoms with Crippen molar-refractivity contribution in [1.82, 2.24) is 0 Å². The van der Waals surface area contributed by atoms with Gasteiger partial charge in [-0.1, -0.05) is 87.5 Å². The largest absolute Gasteiger partial charge is 0.439 e. The van der Waals surface area contributed by atoms with E-state index in [1.807, 2.05) is 55.5 Å². The number of benzene rings is 2. The maximum absolute atomic E-state index is 11.8. The van der Waals surface area contributed by atoms with E-state index in [1.54, 1.807) is 14.2 Å². The Morgan fingerprint density at radius 2 is 1.49 bits per heavy atom. The van der Waals surface area contributed by atoms with Crippen LogP contribution in [0, 0.1) is 0 Å². The summed E-state index contributed by atoms with van der Waals surface area (Å²) >= 11 is 0. The predicted octanol–water partition coefficient (Wildman–Crippen LogP) is 4.76. The first-order chi connectivity index (χ1) is 16.7. The number of primary amides is 1. The molecule has 1 amide bonds. The van der Waals surface area contributed by atoms with E-state index >= 15 is 0 Å². The van der Waals surface area contributed by atoms with E-state index in [1.165, 1.54) is 0 Å². The fourth-order valence-electron chi connectivity index (χ4n) is 4.43. The monoisotopic (exact) mass is 499 g/mol. The van der Waals surface area contributed by atoms with Crippen LogP contribution in [0.4, 0.5) is 4.79 Å². The molecule has 7 heteroatoms. The highest BCUT2D eigenvalue weighted by molar-refractivity contribution is 6.99. The summed E-state index contributed by atoms with van der Waals surface area (Å²) in [6.07, 6.45) is 4.22. The van der Waals surface area contributed by atoms with E-state index in [0.29, 0.717) is 0 Å². The molecule has 6 nitrogen and oxygen atoms in total. The van der Waals surface area contributed by atoms with Crippen LogP contribution in [0.1, 0.15) is 47.0 Å². The first-order valence-corrected chi connectivity index (χ1v) is 14.0. The van der Waals surface area contributed by atoms with E-state index in [4.69, 9.17) is 24.4 Å². The Morgan fingerprint density at radius 3 is 1.91 bits per heavy atom. The molecule has 0 heterocycles. The van der Waals surface area contributed by atoms with E-state index in [9.17, 15) is 4.79 Å². The molecule has 0 aliphatic rings. The van der Waals surface area contributed by atoms with Crippen molar-refractivity contribution in [2.24, 2.45) is 5.73 Å². The third-order valence-electron chi connectivity index (χ3n) is 6.16. The summed E-state index contributed by atoms with van der Waals surface area (Å²) in [6, 6.07) is 20.8. The average molecular weight is 500 g/mol. The standard InChI is InChI=1S/C28H41NO5Si/c1-22(25(33-27(29)30)20-14-9-15-21-26(31-5)32-6)34-35(28(2,3)4,23-16-10-7-11-17-23)24-18-12-8-13-19-24/h7-8,10-14,16-20,22,25-26H,9,15,21H2,1-6H3,(H2,29,30)/b20-14+/t22-,25-/m1/s1. The van der Waals surface area contributed by atoms with Crippen molar-refractivity contribution in [2.45, 2.75) is 70.5 Å². The van der Waals surface area contributed by atoms with Crippen molar-refractivity contribution < 1.29 is 23.4 Å². The molecule has 0 spiro atoms. The van der Waals surface area contributed by atoms with Gasteiger partial charge in [-0.3, -0.25) is 0 Å². The van der Waals surface area contributed by atoms with Gasteiger partial charge in [0.25, 0.3) is 8.32 Å². The predicted molar refractivity (Wildman–Crippen MR) is 143 cm³/mol. The van der Waals surface area contributed by atoms with Gasteiger partial charge in [0.15, 0.2) is 6.29 Å². The normalized spacial score (nSPS) is 14.3. The van der Waals surface area contributed by atoms with Crippen LogP contribution in [0.25, 0.3) is 0 Å². The number of methoxy groups -OCH3 is 2. The van der Waals surface area contributed by atoms with E-state index in [0.717, 1.165) is 29.6 Å². The summed E-state index contributed by atoms with van der Waals surface area (Å²) in [4.78, 5) is 11.8. The van der Waals surface area contributed by atoms with Crippen LogP contribution >= 0.6 is 0 Å². The van der Waals surface area contributed by atoms with Gasteiger partial charge >= 0.3 is 6.09 Å². The first-order valence-electron chi connectivity index (χ1n) is 12.1. The van der Waals surface area contributed by atoms with E-state index < -0.39 is 26.6 Å². The molecule has 2 N–H and O–H groups in total. The van der Waals surface area contributed by atoms with Crippen LogP contribution in [0.15, 0.2) is 72.8 Å². The van der Waals surface area contributed by atoms with Crippen molar-refractivity contribution >= 4 is 24.8 Å². The van der Waals surface area contributed by atoms with Crippen LogP contribution < -0.4 is 16.1 Å².